The minimum Gasteiger partial charge on any atom is -0.494 e. The molecule has 2 aromatic heterocycles. The van der Waals surface area contributed by atoms with Crippen LogP contribution >= 0.6 is 23.1 Å². The molecule has 1 aliphatic carbocycles. The predicted octanol–water partition coefficient (Wildman–Crippen LogP) is 5.21. The summed E-state index contributed by atoms with van der Waals surface area (Å²) < 4.78 is 12.8. The minimum atomic E-state index is -0.361. The van der Waals surface area contributed by atoms with E-state index in [2.05, 4.69) is 15.5 Å². The fourth-order valence-electron chi connectivity index (χ4n) is 4.13. The molecule has 0 unspecified atom stereocenters. The van der Waals surface area contributed by atoms with Crippen molar-refractivity contribution in [3.8, 4) is 17.1 Å². The van der Waals surface area contributed by atoms with E-state index in [4.69, 9.17) is 9.47 Å². The first-order valence-corrected chi connectivity index (χ1v) is 13.8. The van der Waals surface area contributed by atoms with Crippen LogP contribution in [0.4, 0.5) is 5.00 Å². The van der Waals surface area contributed by atoms with Gasteiger partial charge in [-0.1, -0.05) is 11.8 Å². The number of ether oxygens (including phenoxy) is 2. The Hall–Kier alpha value is -2.85. The first kappa shape index (κ1) is 25.2. The van der Waals surface area contributed by atoms with Crippen molar-refractivity contribution in [1.82, 2.24) is 14.8 Å². The molecule has 1 amide bonds. The molecule has 8 nitrogen and oxygen atoms in total. The van der Waals surface area contributed by atoms with Gasteiger partial charge >= 0.3 is 5.97 Å². The van der Waals surface area contributed by atoms with Crippen LogP contribution < -0.4 is 10.1 Å². The van der Waals surface area contributed by atoms with Crippen LogP contribution in [0, 0.1) is 0 Å². The number of anilines is 1. The van der Waals surface area contributed by atoms with Gasteiger partial charge in [0.15, 0.2) is 11.0 Å². The van der Waals surface area contributed by atoms with Crippen molar-refractivity contribution in [3.63, 3.8) is 0 Å². The lowest BCUT2D eigenvalue weighted by molar-refractivity contribution is -0.113. The molecule has 3 aromatic rings. The van der Waals surface area contributed by atoms with E-state index in [0.29, 0.717) is 35.5 Å². The quantitative estimate of drug-likeness (QED) is 0.293. The Balaban J connectivity index is 1.46. The monoisotopic (exact) mass is 514 g/mol. The highest BCUT2D eigenvalue weighted by Crippen LogP contribution is 2.38. The van der Waals surface area contributed by atoms with Crippen LogP contribution in [0.5, 0.6) is 5.75 Å². The van der Waals surface area contributed by atoms with Crippen LogP contribution in [0.1, 0.15) is 54.4 Å². The van der Waals surface area contributed by atoms with Crippen molar-refractivity contribution >= 4 is 40.0 Å². The Labute approximate surface area is 213 Å². The van der Waals surface area contributed by atoms with Crippen LogP contribution in [-0.4, -0.2) is 45.6 Å². The molecule has 0 atom stereocenters. The molecule has 2 heterocycles. The van der Waals surface area contributed by atoms with Crippen molar-refractivity contribution in [2.24, 2.45) is 0 Å². The first-order valence-electron chi connectivity index (χ1n) is 12.0. The summed E-state index contributed by atoms with van der Waals surface area (Å²) in [4.78, 5) is 26.7. The van der Waals surface area contributed by atoms with Crippen LogP contribution in [0.3, 0.4) is 0 Å². The Morgan fingerprint density at radius 2 is 1.86 bits per heavy atom. The van der Waals surface area contributed by atoms with E-state index >= 15 is 0 Å². The Bertz CT molecular complexity index is 1190. The zero-order chi connectivity index (χ0) is 24.8. The molecule has 0 spiro atoms. The number of thioether (sulfide) groups is 1. The maximum absolute atomic E-state index is 12.9. The molecule has 10 heteroatoms. The van der Waals surface area contributed by atoms with E-state index in [0.717, 1.165) is 48.4 Å². The third-order valence-corrected chi connectivity index (χ3v) is 7.87. The fraction of sp³-hybridized carbons (Fsp3) is 0.440. The van der Waals surface area contributed by atoms with Gasteiger partial charge in [-0.2, -0.15) is 0 Å². The number of nitrogens with one attached hydrogen (secondary N) is 1. The number of benzene rings is 1. The van der Waals surface area contributed by atoms with Crippen LogP contribution in [0.25, 0.3) is 11.4 Å². The van der Waals surface area contributed by atoms with Gasteiger partial charge in [-0.15, -0.1) is 21.5 Å². The lowest BCUT2D eigenvalue weighted by Gasteiger charge is -2.12. The molecule has 4 rings (SSSR count). The highest BCUT2D eigenvalue weighted by atomic mass is 32.2. The normalized spacial score (nSPS) is 12.8. The van der Waals surface area contributed by atoms with E-state index in [1.54, 1.807) is 6.92 Å². The number of carbonyl (C=O) groups excluding carboxylic acids is 2. The van der Waals surface area contributed by atoms with Gasteiger partial charge in [0.05, 0.1) is 24.5 Å². The second-order valence-corrected chi connectivity index (χ2v) is 10.0. The van der Waals surface area contributed by atoms with Gasteiger partial charge in [-0.3, -0.25) is 4.79 Å². The summed E-state index contributed by atoms with van der Waals surface area (Å²) in [7, 11) is 0. The summed E-state index contributed by atoms with van der Waals surface area (Å²) in [6.07, 6.45) is 3.93. The maximum Gasteiger partial charge on any atom is 0.341 e. The lowest BCUT2D eigenvalue weighted by atomic mass is 9.95. The van der Waals surface area contributed by atoms with Crippen molar-refractivity contribution in [2.45, 2.75) is 58.2 Å². The van der Waals surface area contributed by atoms with E-state index in [9.17, 15) is 9.59 Å². The summed E-state index contributed by atoms with van der Waals surface area (Å²) in [5, 5.41) is 12.9. The smallest absolute Gasteiger partial charge is 0.341 e. The van der Waals surface area contributed by atoms with Crippen molar-refractivity contribution in [1.29, 1.82) is 0 Å². The van der Waals surface area contributed by atoms with Crippen LogP contribution in [0.2, 0.25) is 0 Å². The molecular formula is C25H30N4O4S2. The van der Waals surface area contributed by atoms with Gasteiger partial charge in [0.1, 0.15) is 10.8 Å². The third-order valence-electron chi connectivity index (χ3n) is 5.69. The molecule has 0 fully saturated rings. The van der Waals surface area contributed by atoms with Gasteiger partial charge < -0.3 is 19.4 Å². The molecule has 0 saturated heterocycles. The van der Waals surface area contributed by atoms with Gasteiger partial charge in [0.25, 0.3) is 0 Å². The second-order valence-electron chi connectivity index (χ2n) is 7.98. The van der Waals surface area contributed by atoms with Crippen molar-refractivity contribution < 1.29 is 19.1 Å². The molecule has 1 aromatic carbocycles. The van der Waals surface area contributed by atoms with E-state index in [-0.39, 0.29) is 17.6 Å². The summed E-state index contributed by atoms with van der Waals surface area (Å²) >= 11 is 2.82. The van der Waals surface area contributed by atoms with E-state index in [1.165, 1.54) is 28.0 Å². The van der Waals surface area contributed by atoms with Gasteiger partial charge in [-0.05, 0) is 76.3 Å². The van der Waals surface area contributed by atoms with Gasteiger partial charge in [0, 0.05) is 17.0 Å². The molecule has 1 N–H and O–H groups in total. The van der Waals surface area contributed by atoms with Crippen LogP contribution in [0.15, 0.2) is 29.4 Å². The Kier molecular flexibility index (Phi) is 8.46. The van der Waals surface area contributed by atoms with Crippen molar-refractivity contribution in [2.75, 3.05) is 24.3 Å². The maximum atomic E-state index is 12.9. The average molecular weight is 515 g/mol. The van der Waals surface area contributed by atoms with Gasteiger partial charge in [0.2, 0.25) is 5.91 Å². The zero-order valence-electron chi connectivity index (χ0n) is 20.3. The number of nitrogens with zero attached hydrogens (tertiary/aromatic N) is 3. The number of aromatic nitrogens is 3. The van der Waals surface area contributed by atoms with Crippen molar-refractivity contribution in [3.05, 3.63) is 40.3 Å². The number of hydrogen-bond acceptors (Lipinski definition) is 8. The number of esters is 1. The standard InChI is InChI=1S/C25H30N4O4S2/c1-4-29-22(16-11-13-17(14-12-16)32-5-2)27-28-25(29)34-15-20(30)26-23-21(24(31)33-6-3)18-9-7-8-10-19(18)35-23/h11-14H,4-10,15H2,1-3H3,(H,26,30). The first-order chi connectivity index (χ1) is 17.0. The van der Waals surface area contributed by atoms with E-state index in [1.807, 2.05) is 42.7 Å². The largest absolute Gasteiger partial charge is 0.494 e. The molecule has 0 aliphatic heterocycles. The zero-order valence-corrected chi connectivity index (χ0v) is 21.9. The number of amides is 1. The summed E-state index contributed by atoms with van der Waals surface area (Å²) in [6, 6.07) is 7.74. The lowest BCUT2D eigenvalue weighted by Crippen LogP contribution is -2.17. The number of rotatable bonds is 10. The second kappa shape index (κ2) is 11.7. The number of hydrogen-bond donors (Lipinski definition) is 1. The molecule has 186 valence electrons. The summed E-state index contributed by atoms with van der Waals surface area (Å²) in [5.74, 6) is 1.16. The Morgan fingerprint density at radius 3 is 2.57 bits per heavy atom. The molecule has 35 heavy (non-hydrogen) atoms. The Morgan fingerprint density at radius 1 is 1.09 bits per heavy atom. The number of thiophene rings is 1. The number of carbonyl (C=O) groups is 2. The SMILES string of the molecule is CCOC(=O)c1c(NC(=O)CSc2nnc(-c3ccc(OCC)cc3)n2CC)sc2c1CCCC2. The number of fused-ring (bicyclic) bond motifs is 1. The predicted molar refractivity (Wildman–Crippen MR) is 139 cm³/mol. The fourth-order valence-corrected chi connectivity index (χ4v) is 6.22. The molecule has 0 saturated carbocycles. The summed E-state index contributed by atoms with van der Waals surface area (Å²) in [6.45, 7) is 7.35. The van der Waals surface area contributed by atoms with Gasteiger partial charge in [-0.25, -0.2) is 4.79 Å². The number of aryl methyl sites for hydroxylation is 1. The highest BCUT2D eigenvalue weighted by molar-refractivity contribution is 7.99. The summed E-state index contributed by atoms with van der Waals surface area (Å²) in [5.41, 5.74) is 2.50. The van der Waals surface area contributed by atoms with Crippen LogP contribution in [-0.2, 0) is 28.9 Å². The molecule has 0 radical (unpaired) electrons. The third kappa shape index (κ3) is 5.70. The highest BCUT2D eigenvalue weighted by Gasteiger charge is 2.27. The minimum absolute atomic E-state index is 0.159. The van der Waals surface area contributed by atoms with E-state index < -0.39 is 0 Å². The molecule has 0 bridgehead atoms. The molecular weight excluding hydrogens is 484 g/mol. The molecule has 1 aliphatic rings. The average Bonchev–Trinajstić information content (AvgIpc) is 3.44. The topological polar surface area (TPSA) is 95.3 Å².